The Kier molecular flexibility index (Phi) is 6.14. The van der Waals surface area contributed by atoms with Gasteiger partial charge in [-0.25, -0.2) is 0 Å². The fraction of sp³-hybridized carbons (Fsp3) is 0.120. The molecule has 32 heavy (non-hydrogen) atoms. The van der Waals surface area contributed by atoms with Crippen LogP contribution in [0.2, 0.25) is 5.02 Å². The summed E-state index contributed by atoms with van der Waals surface area (Å²) in [6.07, 6.45) is 0. The summed E-state index contributed by atoms with van der Waals surface area (Å²) in [6, 6.07) is 19.2. The molecule has 0 saturated heterocycles. The predicted octanol–water partition coefficient (Wildman–Crippen LogP) is 5.65. The number of benzene rings is 3. The van der Waals surface area contributed by atoms with Crippen LogP contribution in [0, 0.1) is 6.92 Å². The highest BCUT2D eigenvalue weighted by Crippen LogP contribution is 2.34. The Morgan fingerprint density at radius 2 is 1.78 bits per heavy atom. The predicted molar refractivity (Wildman–Crippen MR) is 123 cm³/mol. The molecule has 6 nitrogen and oxygen atoms in total. The first-order chi connectivity index (χ1) is 15.5. The van der Waals surface area contributed by atoms with Crippen LogP contribution in [0.1, 0.15) is 21.7 Å². The third kappa shape index (κ3) is 4.45. The Balaban J connectivity index is 1.61. The zero-order chi connectivity index (χ0) is 22.7. The number of amides is 1. The van der Waals surface area contributed by atoms with Crippen LogP contribution in [-0.2, 0) is 4.79 Å². The number of carbonyl (C=O) groups excluding carboxylic acids is 2. The van der Waals surface area contributed by atoms with Crippen LogP contribution in [0.5, 0.6) is 11.5 Å². The van der Waals surface area contributed by atoms with E-state index < -0.39 is 11.7 Å². The molecular weight excluding hydrogens is 430 g/mol. The summed E-state index contributed by atoms with van der Waals surface area (Å²) >= 11 is 6.18. The van der Waals surface area contributed by atoms with Gasteiger partial charge in [0.15, 0.2) is 12.4 Å². The van der Waals surface area contributed by atoms with Gasteiger partial charge in [0.05, 0.1) is 17.8 Å². The third-order valence-corrected chi connectivity index (χ3v) is 5.17. The minimum absolute atomic E-state index is 0.0103. The first-order valence-corrected chi connectivity index (χ1v) is 10.2. The number of halogens is 1. The number of aryl methyl sites for hydroxylation is 1. The highest BCUT2D eigenvalue weighted by Gasteiger charge is 2.24. The molecule has 1 heterocycles. The summed E-state index contributed by atoms with van der Waals surface area (Å²) < 4.78 is 16.5. The third-order valence-electron chi connectivity index (χ3n) is 4.87. The Hall–Kier alpha value is -3.77. The SMILES string of the molecule is COc1ccc(C(=O)c2oc3ccccc3c2NC(=O)COc2ccc(C)cc2)cc1Cl. The lowest BCUT2D eigenvalue weighted by Gasteiger charge is -2.09. The van der Waals surface area contributed by atoms with Crippen LogP contribution in [-0.4, -0.2) is 25.4 Å². The Bertz CT molecular complexity index is 1290. The van der Waals surface area contributed by atoms with Crippen LogP contribution < -0.4 is 14.8 Å². The van der Waals surface area contributed by atoms with Gasteiger partial charge in [0.25, 0.3) is 5.91 Å². The van der Waals surface area contributed by atoms with E-state index in [2.05, 4.69) is 5.32 Å². The van der Waals surface area contributed by atoms with Crippen LogP contribution in [0.15, 0.2) is 71.1 Å². The quantitative estimate of drug-likeness (QED) is 0.369. The summed E-state index contributed by atoms with van der Waals surface area (Å²) in [6.45, 7) is 1.75. The van der Waals surface area contributed by atoms with Gasteiger partial charge in [-0.15, -0.1) is 0 Å². The van der Waals surface area contributed by atoms with Gasteiger partial charge in [-0.05, 0) is 49.4 Å². The van der Waals surface area contributed by atoms with Gasteiger partial charge in [0.1, 0.15) is 17.1 Å². The lowest BCUT2D eigenvalue weighted by molar-refractivity contribution is -0.118. The smallest absolute Gasteiger partial charge is 0.262 e. The lowest BCUT2D eigenvalue weighted by atomic mass is 10.1. The molecular formula is C25H20ClNO5. The fourth-order valence-corrected chi connectivity index (χ4v) is 3.48. The highest BCUT2D eigenvalue weighted by molar-refractivity contribution is 6.32. The molecule has 0 radical (unpaired) electrons. The second kappa shape index (κ2) is 9.16. The molecule has 0 spiro atoms. The van der Waals surface area contributed by atoms with E-state index in [0.717, 1.165) is 5.56 Å². The van der Waals surface area contributed by atoms with Crippen molar-refractivity contribution in [3.8, 4) is 11.5 Å². The molecule has 0 aliphatic carbocycles. The zero-order valence-corrected chi connectivity index (χ0v) is 18.2. The maximum absolute atomic E-state index is 13.2. The minimum atomic E-state index is -0.418. The van der Waals surface area contributed by atoms with E-state index in [4.69, 9.17) is 25.5 Å². The molecule has 4 rings (SSSR count). The van der Waals surface area contributed by atoms with Gasteiger partial charge in [-0.2, -0.15) is 0 Å². The number of rotatable bonds is 7. The van der Waals surface area contributed by atoms with E-state index in [1.165, 1.54) is 13.2 Å². The van der Waals surface area contributed by atoms with E-state index in [1.807, 2.05) is 19.1 Å². The summed E-state index contributed by atoms with van der Waals surface area (Å²) in [5, 5.41) is 3.67. The average Bonchev–Trinajstić information content (AvgIpc) is 3.16. The molecule has 0 aliphatic heterocycles. The molecule has 3 aromatic carbocycles. The molecule has 0 saturated carbocycles. The minimum Gasteiger partial charge on any atom is -0.495 e. The summed E-state index contributed by atoms with van der Waals surface area (Å²) in [5.74, 6) is 0.206. The molecule has 1 N–H and O–H groups in total. The Morgan fingerprint density at radius 1 is 1.03 bits per heavy atom. The van der Waals surface area contributed by atoms with Crippen LogP contribution in [0.3, 0.4) is 0 Å². The summed E-state index contributed by atoms with van der Waals surface area (Å²) in [5.41, 5.74) is 2.16. The number of carbonyl (C=O) groups is 2. The number of anilines is 1. The molecule has 0 fully saturated rings. The average molecular weight is 450 g/mol. The lowest BCUT2D eigenvalue weighted by Crippen LogP contribution is -2.21. The van der Waals surface area contributed by atoms with Gasteiger partial charge in [-0.3, -0.25) is 9.59 Å². The van der Waals surface area contributed by atoms with Crippen molar-refractivity contribution in [3.63, 3.8) is 0 Å². The number of hydrogen-bond acceptors (Lipinski definition) is 5. The van der Waals surface area contributed by atoms with E-state index in [1.54, 1.807) is 48.5 Å². The van der Waals surface area contributed by atoms with Crippen molar-refractivity contribution >= 4 is 39.9 Å². The molecule has 0 bridgehead atoms. The largest absolute Gasteiger partial charge is 0.495 e. The molecule has 7 heteroatoms. The topological polar surface area (TPSA) is 77.8 Å². The van der Waals surface area contributed by atoms with Crippen molar-refractivity contribution in [3.05, 3.63) is 88.6 Å². The molecule has 1 aromatic heterocycles. The number of fused-ring (bicyclic) bond motifs is 1. The van der Waals surface area contributed by atoms with E-state index >= 15 is 0 Å². The number of para-hydroxylation sites is 1. The van der Waals surface area contributed by atoms with Crippen molar-refractivity contribution < 1.29 is 23.5 Å². The van der Waals surface area contributed by atoms with Gasteiger partial charge >= 0.3 is 0 Å². The van der Waals surface area contributed by atoms with Crippen molar-refractivity contribution in [2.24, 2.45) is 0 Å². The maximum atomic E-state index is 13.2. The first kappa shape index (κ1) is 21.5. The number of furan rings is 1. The summed E-state index contributed by atoms with van der Waals surface area (Å²) in [4.78, 5) is 25.8. The van der Waals surface area contributed by atoms with Gasteiger partial charge in [-0.1, -0.05) is 41.4 Å². The van der Waals surface area contributed by atoms with Crippen molar-refractivity contribution in [2.75, 3.05) is 19.0 Å². The number of methoxy groups -OCH3 is 1. The highest BCUT2D eigenvalue weighted by atomic mass is 35.5. The molecule has 4 aromatic rings. The van der Waals surface area contributed by atoms with Crippen molar-refractivity contribution in [1.82, 2.24) is 0 Å². The second-order valence-electron chi connectivity index (χ2n) is 7.13. The molecule has 0 aliphatic rings. The molecule has 0 unspecified atom stereocenters. The Morgan fingerprint density at radius 3 is 2.50 bits per heavy atom. The summed E-state index contributed by atoms with van der Waals surface area (Å²) in [7, 11) is 1.49. The van der Waals surface area contributed by atoms with Crippen LogP contribution >= 0.6 is 11.6 Å². The van der Waals surface area contributed by atoms with E-state index in [-0.39, 0.29) is 18.1 Å². The number of hydrogen-bond donors (Lipinski definition) is 1. The van der Waals surface area contributed by atoms with Crippen LogP contribution in [0.25, 0.3) is 11.0 Å². The van der Waals surface area contributed by atoms with Gasteiger partial charge in [0.2, 0.25) is 5.78 Å². The molecule has 162 valence electrons. The van der Waals surface area contributed by atoms with Crippen LogP contribution in [0.4, 0.5) is 5.69 Å². The number of nitrogens with one attached hydrogen (secondary N) is 1. The van der Waals surface area contributed by atoms with Gasteiger partial charge in [0, 0.05) is 10.9 Å². The normalized spacial score (nSPS) is 10.7. The van der Waals surface area contributed by atoms with Gasteiger partial charge < -0.3 is 19.2 Å². The number of ether oxygens (including phenoxy) is 2. The molecule has 0 atom stereocenters. The maximum Gasteiger partial charge on any atom is 0.262 e. The monoisotopic (exact) mass is 449 g/mol. The van der Waals surface area contributed by atoms with E-state index in [9.17, 15) is 9.59 Å². The van der Waals surface area contributed by atoms with E-state index in [0.29, 0.717) is 33.1 Å². The number of ketones is 1. The second-order valence-corrected chi connectivity index (χ2v) is 7.54. The van der Waals surface area contributed by atoms with Crippen molar-refractivity contribution in [2.45, 2.75) is 6.92 Å². The fourth-order valence-electron chi connectivity index (χ4n) is 3.23. The Labute approximate surface area is 189 Å². The molecule has 1 amide bonds. The standard InChI is InChI=1S/C25H20ClNO5/c1-15-7-10-17(11-8-15)31-14-22(28)27-23-18-5-3-4-6-20(18)32-25(23)24(29)16-9-12-21(30-2)19(26)13-16/h3-13H,14H2,1-2H3,(H,27,28). The zero-order valence-electron chi connectivity index (χ0n) is 17.5. The first-order valence-electron chi connectivity index (χ1n) is 9.85. The van der Waals surface area contributed by atoms with Crippen molar-refractivity contribution in [1.29, 1.82) is 0 Å².